The molecule has 0 radical (unpaired) electrons. The molecule has 4 aromatic rings. The Bertz CT molecular complexity index is 1050. The van der Waals surface area contributed by atoms with Crippen LogP contribution in [0.4, 0.5) is 0 Å². The zero-order chi connectivity index (χ0) is 17.9. The van der Waals surface area contributed by atoms with Crippen LogP contribution in [-0.2, 0) is 9.59 Å². The van der Waals surface area contributed by atoms with Crippen molar-refractivity contribution < 1.29 is 19.1 Å². The maximum absolute atomic E-state index is 10.9. The monoisotopic (exact) mass is 344 g/mol. The number of hydrogen-bond donors (Lipinski definition) is 0. The third-order valence-corrected chi connectivity index (χ3v) is 3.97. The molecule has 0 aliphatic rings. The lowest BCUT2D eigenvalue weighted by atomic mass is 10.1. The van der Waals surface area contributed by atoms with Gasteiger partial charge in [0.15, 0.2) is 0 Å². The Morgan fingerprint density at radius 3 is 1.50 bits per heavy atom. The highest BCUT2D eigenvalue weighted by atomic mass is 16.5. The first-order valence-electron chi connectivity index (χ1n) is 7.80. The first-order chi connectivity index (χ1) is 12.8. The molecular formula is C20H12N2O4. The van der Waals surface area contributed by atoms with Crippen molar-refractivity contribution in [2.24, 2.45) is 0 Å². The van der Waals surface area contributed by atoms with Gasteiger partial charge in [-0.15, -0.1) is 0 Å². The molecule has 0 saturated heterocycles. The number of rotatable bonds is 5. The lowest BCUT2D eigenvalue weighted by Gasteiger charge is -2.10. The van der Waals surface area contributed by atoms with Crippen molar-refractivity contribution in [1.29, 1.82) is 0 Å². The van der Waals surface area contributed by atoms with Gasteiger partial charge in [-0.2, -0.15) is 0 Å². The average molecular weight is 344 g/mol. The van der Waals surface area contributed by atoms with Gasteiger partial charge >= 0.3 is 0 Å². The highest BCUT2D eigenvalue weighted by molar-refractivity contribution is 5.91. The van der Waals surface area contributed by atoms with Crippen LogP contribution >= 0.6 is 0 Å². The van der Waals surface area contributed by atoms with E-state index < -0.39 is 0 Å². The molecular weight excluding hydrogens is 332 g/mol. The van der Waals surface area contributed by atoms with Crippen molar-refractivity contribution in [2.45, 2.75) is 0 Å². The summed E-state index contributed by atoms with van der Waals surface area (Å²) in [4.78, 5) is 30.9. The molecule has 0 unspecified atom stereocenters. The second kappa shape index (κ2) is 6.60. The lowest BCUT2D eigenvalue weighted by molar-refractivity contribution is -0.121. The van der Waals surface area contributed by atoms with E-state index in [9.17, 15) is 9.59 Å². The summed E-state index contributed by atoms with van der Waals surface area (Å²) < 4.78 is 10.2. The number of carbonyl (C=O) groups excluding carboxylic acids is 2. The smallest absolute Gasteiger partial charge is 0.298 e. The van der Waals surface area contributed by atoms with Crippen LogP contribution in [0.5, 0.6) is 11.5 Å². The number of hydrogen-bond acceptors (Lipinski definition) is 6. The number of ether oxygens (including phenoxy) is 2. The molecule has 4 rings (SSSR count). The average Bonchev–Trinajstić information content (AvgIpc) is 2.68. The van der Waals surface area contributed by atoms with Gasteiger partial charge in [0.25, 0.3) is 12.9 Å². The summed E-state index contributed by atoms with van der Waals surface area (Å²) in [7, 11) is 0. The normalized spacial score (nSPS) is 10.6. The minimum atomic E-state index is 0.375. The molecule has 2 aromatic heterocycles. The third-order valence-electron chi connectivity index (χ3n) is 3.97. The molecule has 0 aliphatic carbocycles. The molecule has 0 spiro atoms. The summed E-state index contributed by atoms with van der Waals surface area (Å²) in [6.07, 6.45) is 0. The molecule has 6 nitrogen and oxygen atoms in total. The van der Waals surface area contributed by atoms with E-state index in [1.807, 2.05) is 48.5 Å². The van der Waals surface area contributed by atoms with Crippen molar-refractivity contribution in [3.05, 3.63) is 60.7 Å². The SMILES string of the molecule is O=COc1cc(-c2cc(OC=O)c3ccccc3n2)nc2ccccc12. The van der Waals surface area contributed by atoms with Crippen LogP contribution in [0.1, 0.15) is 0 Å². The van der Waals surface area contributed by atoms with Crippen molar-refractivity contribution in [1.82, 2.24) is 9.97 Å². The standard InChI is InChI=1S/C20H12N2O4/c23-11-25-19-9-17(21-15-7-3-1-5-13(15)19)18-10-20(26-12-24)14-6-2-4-8-16(14)22-18/h1-12H. The number of fused-ring (bicyclic) bond motifs is 2. The Kier molecular flexibility index (Phi) is 3.99. The Hall–Kier alpha value is -3.80. The fourth-order valence-corrected chi connectivity index (χ4v) is 2.85. The van der Waals surface area contributed by atoms with Gasteiger partial charge in [0, 0.05) is 22.9 Å². The molecule has 0 amide bonds. The zero-order valence-electron chi connectivity index (χ0n) is 13.5. The van der Waals surface area contributed by atoms with E-state index in [1.54, 1.807) is 12.1 Å². The van der Waals surface area contributed by atoms with E-state index in [0.717, 1.165) is 0 Å². The van der Waals surface area contributed by atoms with Gasteiger partial charge in [-0.05, 0) is 24.3 Å². The van der Waals surface area contributed by atoms with Crippen molar-refractivity contribution >= 4 is 34.8 Å². The van der Waals surface area contributed by atoms with E-state index >= 15 is 0 Å². The van der Waals surface area contributed by atoms with Gasteiger partial charge in [-0.3, -0.25) is 9.59 Å². The highest BCUT2D eigenvalue weighted by Crippen LogP contribution is 2.33. The van der Waals surface area contributed by atoms with Crippen LogP contribution < -0.4 is 9.47 Å². The minimum absolute atomic E-state index is 0.375. The topological polar surface area (TPSA) is 78.4 Å². The number of carbonyl (C=O) groups is 2. The fourth-order valence-electron chi connectivity index (χ4n) is 2.85. The lowest BCUT2D eigenvalue weighted by Crippen LogP contribution is -1.97. The minimum Gasteiger partial charge on any atom is -0.428 e. The van der Waals surface area contributed by atoms with Crippen LogP contribution in [0.3, 0.4) is 0 Å². The van der Waals surface area contributed by atoms with Crippen molar-refractivity contribution in [3.8, 4) is 22.9 Å². The largest absolute Gasteiger partial charge is 0.428 e. The number of aromatic nitrogens is 2. The van der Waals surface area contributed by atoms with Gasteiger partial charge in [-0.1, -0.05) is 24.3 Å². The quantitative estimate of drug-likeness (QED) is 0.516. The molecule has 0 fully saturated rings. The predicted octanol–water partition coefficient (Wildman–Crippen LogP) is 3.52. The molecule has 0 saturated carbocycles. The Labute approximate surface area is 148 Å². The second-order valence-electron chi connectivity index (χ2n) is 5.47. The first kappa shape index (κ1) is 15.7. The summed E-state index contributed by atoms with van der Waals surface area (Å²) in [5.41, 5.74) is 2.33. The third kappa shape index (κ3) is 2.73. The number of nitrogens with zero attached hydrogens (tertiary/aromatic N) is 2. The summed E-state index contributed by atoms with van der Waals surface area (Å²) >= 11 is 0. The van der Waals surface area contributed by atoms with Crippen LogP contribution in [0.25, 0.3) is 33.2 Å². The fraction of sp³-hybridized carbons (Fsp3) is 0. The molecule has 26 heavy (non-hydrogen) atoms. The summed E-state index contributed by atoms with van der Waals surface area (Å²) in [5, 5.41) is 1.43. The zero-order valence-corrected chi connectivity index (χ0v) is 13.5. The van der Waals surface area contributed by atoms with Crippen LogP contribution in [0.2, 0.25) is 0 Å². The Morgan fingerprint density at radius 1 is 0.654 bits per heavy atom. The predicted molar refractivity (Wildman–Crippen MR) is 95.9 cm³/mol. The molecule has 0 N–H and O–H groups in total. The van der Waals surface area contributed by atoms with Gasteiger partial charge in [0.2, 0.25) is 0 Å². The van der Waals surface area contributed by atoms with Crippen LogP contribution in [0.15, 0.2) is 60.7 Å². The van der Waals surface area contributed by atoms with E-state index in [1.165, 1.54) is 0 Å². The number of benzene rings is 2. The summed E-state index contributed by atoms with van der Waals surface area (Å²) in [5.74, 6) is 0.766. The molecule has 0 bridgehead atoms. The van der Waals surface area contributed by atoms with Gasteiger partial charge < -0.3 is 9.47 Å². The van der Waals surface area contributed by atoms with E-state index in [0.29, 0.717) is 57.6 Å². The molecule has 2 aromatic carbocycles. The maximum atomic E-state index is 10.9. The van der Waals surface area contributed by atoms with Gasteiger partial charge in [0.05, 0.1) is 22.4 Å². The molecule has 6 heteroatoms. The van der Waals surface area contributed by atoms with Gasteiger partial charge in [0.1, 0.15) is 11.5 Å². The second-order valence-corrected chi connectivity index (χ2v) is 5.47. The van der Waals surface area contributed by atoms with E-state index in [-0.39, 0.29) is 0 Å². The van der Waals surface area contributed by atoms with E-state index in [2.05, 4.69) is 9.97 Å². The van der Waals surface area contributed by atoms with E-state index in [4.69, 9.17) is 9.47 Å². The van der Waals surface area contributed by atoms with Crippen molar-refractivity contribution in [3.63, 3.8) is 0 Å². The Balaban J connectivity index is 1.97. The summed E-state index contributed by atoms with van der Waals surface area (Å²) in [6.45, 7) is 0.751. The van der Waals surface area contributed by atoms with Crippen molar-refractivity contribution in [2.75, 3.05) is 0 Å². The number of para-hydroxylation sites is 2. The molecule has 0 aliphatic heterocycles. The number of pyridine rings is 2. The first-order valence-corrected chi connectivity index (χ1v) is 7.80. The highest BCUT2D eigenvalue weighted by Gasteiger charge is 2.13. The Morgan fingerprint density at radius 2 is 1.08 bits per heavy atom. The summed E-state index contributed by atoms with van der Waals surface area (Å²) in [6, 6.07) is 17.9. The molecule has 126 valence electrons. The van der Waals surface area contributed by atoms with Gasteiger partial charge in [-0.25, -0.2) is 9.97 Å². The molecule has 0 atom stereocenters. The maximum Gasteiger partial charge on any atom is 0.298 e. The molecule has 2 heterocycles. The van der Waals surface area contributed by atoms with Crippen LogP contribution in [0, 0.1) is 0 Å². The van der Waals surface area contributed by atoms with Crippen LogP contribution in [-0.4, -0.2) is 22.9 Å².